The highest BCUT2D eigenvalue weighted by molar-refractivity contribution is 8.00. The zero-order chi connectivity index (χ0) is 13.7. The van der Waals surface area contributed by atoms with Crippen LogP contribution in [-0.4, -0.2) is 28.4 Å². The third kappa shape index (κ3) is 3.62. The Balaban J connectivity index is 1.95. The van der Waals surface area contributed by atoms with Gasteiger partial charge in [-0.25, -0.2) is 4.98 Å². The first-order valence-corrected chi connectivity index (χ1v) is 7.93. The summed E-state index contributed by atoms with van der Waals surface area (Å²) in [6.07, 6.45) is 9.92. The van der Waals surface area contributed by atoms with Crippen LogP contribution in [0.15, 0.2) is 18.3 Å². The first-order valence-electron chi connectivity index (χ1n) is 6.70. The summed E-state index contributed by atoms with van der Waals surface area (Å²) in [7, 11) is 0. The molecule has 4 nitrogen and oxygen atoms in total. The van der Waals surface area contributed by atoms with Crippen molar-refractivity contribution in [2.45, 2.75) is 36.9 Å². The number of anilines is 1. The van der Waals surface area contributed by atoms with Crippen LogP contribution in [0.1, 0.15) is 42.5 Å². The molecule has 104 valence electrons. The number of aromatic nitrogens is 1. The SMILES string of the molecule is CSC1(CNC(=O)c2ccnc(N)c2)CCCCC1. The van der Waals surface area contributed by atoms with E-state index in [9.17, 15) is 4.79 Å². The molecule has 0 bridgehead atoms. The number of hydrogen-bond acceptors (Lipinski definition) is 4. The number of amides is 1. The topological polar surface area (TPSA) is 68.0 Å². The van der Waals surface area contributed by atoms with Crippen LogP contribution in [0.25, 0.3) is 0 Å². The van der Waals surface area contributed by atoms with E-state index < -0.39 is 0 Å². The van der Waals surface area contributed by atoms with Crippen LogP contribution in [0.5, 0.6) is 0 Å². The number of carbonyl (C=O) groups is 1. The number of nitrogens with zero attached hydrogens (tertiary/aromatic N) is 1. The average Bonchev–Trinajstić information content (AvgIpc) is 2.46. The molecular formula is C14H21N3OS. The summed E-state index contributed by atoms with van der Waals surface area (Å²) >= 11 is 1.88. The predicted molar refractivity (Wildman–Crippen MR) is 80.3 cm³/mol. The van der Waals surface area contributed by atoms with Crippen LogP contribution in [0.4, 0.5) is 5.82 Å². The summed E-state index contributed by atoms with van der Waals surface area (Å²) in [5, 5.41) is 3.04. The normalized spacial score (nSPS) is 17.9. The summed E-state index contributed by atoms with van der Waals surface area (Å²) in [5.74, 6) is 0.318. The van der Waals surface area contributed by atoms with Gasteiger partial charge in [-0.2, -0.15) is 11.8 Å². The van der Waals surface area contributed by atoms with Crippen LogP contribution in [0, 0.1) is 0 Å². The van der Waals surface area contributed by atoms with Gasteiger partial charge in [0.25, 0.3) is 5.91 Å². The van der Waals surface area contributed by atoms with E-state index in [2.05, 4.69) is 16.6 Å². The van der Waals surface area contributed by atoms with Crippen molar-refractivity contribution in [3.05, 3.63) is 23.9 Å². The molecule has 0 radical (unpaired) electrons. The maximum atomic E-state index is 12.1. The molecule has 1 aliphatic carbocycles. The van der Waals surface area contributed by atoms with Crippen molar-refractivity contribution in [1.82, 2.24) is 10.3 Å². The van der Waals surface area contributed by atoms with Crippen LogP contribution < -0.4 is 11.1 Å². The van der Waals surface area contributed by atoms with E-state index in [1.54, 1.807) is 18.3 Å². The summed E-state index contributed by atoms with van der Waals surface area (Å²) in [6.45, 7) is 0.731. The lowest BCUT2D eigenvalue weighted by Crippen LogP contribution is -2.41. The highest BCUT2D eigenvalue weighted by Gasteiger charge is 2.31. The van der Waals surface area contributed by atoms with Crippen molar-refractivity contribution < 1.29 is 4.79 Å². The second-order valence-electron chi connectivity index (χ2n) is 5.10. The smallest absolute Gasteiger partial charge is 0.251 e. The monoisotopic (exact) mass is 279 g/mol. The Morgan fingerprint density at radius 3 is 2.84 bits per heavy atom. The van der Waals surface area contributed by atoms with Gasteiger partial charge >= 0.3 is 0 Å². The molecule has 3 N–H and O–H groups in total. The molecule has 0 aromatic carbocycles. The van der Waals surface area contributed by atoms with Gasteiger partial charge in [0.15, 0.2) is 0 Å². The summed E-state index contributed by atoms with van der Waals surface area (Å²) in [5.41, 5.74) is 6.18. The Morgan fingerprint density at radius 1 is 1.47 bits per heavy atom. The lowest BCUT2D eigenvalue weighted by atomic mass is 9.88. The van der Waals surface area contributed by atoms with Crippen LogP contribution in [-0.2, 0) is 0 Å². The van der Waals surface area contributed by atoms with E-state index in [0.29, 0.717) is 11.4 Å². The number of nitrogens with two attached hydrogens (primary N) is 1. The van der Waals surface area contributed by atoms with Crippen LogP contribution >= 0.6 is 11.8 Å². The molecule has 1 heterocycles. The standard InChI is InChI=1S/C14H21N3OS/c1-19-14(6-3-2-4-7-14)10-17-13(18)11-5-8-16-12(15)9-11/h5,8-9H,2-4,6-7,10H2,1H3,(H2,15,16)(H,17,18). The Morgan fingerprint density at radius 2 is 2.21 bits per heavy atom. The molecule has 0 atom stereocenters. The highest BCUT2D eigenvalue weighted by atomic mass is 32.2. The summed E-state index contributed by atoms with van der Waals surface area (Å²) in [4.78, 5) is 16.0. The maximum absolute atomic E-state index is 12.1. The molecule has 1 aromatic heterocycles. The fraction of sp³-hybridized carbons (Fsp3) is 0.571. The van der Waals surface area contributed by atoms with Gasteiger partial charge in [-0.1, -0.05) is 19.3 Å². The fourth-order valence-corrected chi connectivity index (χ4v) is 3.50. The minimum absolute atomic E-state index is 0.0619. The lowest BCUT2D eigenvalue weighted by molar-refractivity contribution is 0.0947. The molecule has 1 saturated carbocycles. The lowest BCUT2D eigenvalue weighted by Gasteiger charge is -2.35. The van der Waals surface area contributed by atoms with Crippen LogP contribution in [0.3, 0.4) is 0 Å². The number of thioether (sulfide) groups is 1. The van der Waals surface area contributed by atoms with Gasteiger partial charge in [0.2, 0.25) is 0 Å². The van der Waals surface area contributed by atoms with Crippen molar-refractivity contribution in [2.24, 2.45) is 0 Å². The van der Waals surface area contributed by atoms with Gasteiger partial charge in [0, 0.05) is 23.1 Å². The van der Waals surface area contributed by atoms with Crippen molar-refractivity contribution in [3.8, 4) is 0 Å². The number of pyridine rings is 1. The molecule has 0 spiro atoms. The first kappa shape index (κ1) is 14.2. The second kappa shape index (κ2) is 6.28. The van der Waals surface area contributed by atoms with Gasteiger partial charge in [-0.15, -0.1) is 0 Å². The molecular weight excluding hydrogens is 258 g/mol. The molecule has 1 aromatic rings. The molecule has 0 saturated heterocycles. The van der Waals surface area contributed by atoms with Crippen molar-refractivity contribution >= 4 is 23.5 Å². The zero-order valence-corrected chi connectivity index (χ0v) is 12.1. The number of nitrogens with one attached hydrogen (secondary N) is 1. The Hall–Kier alpha value is -1.23. The van der Waals surface area contributed by atoms with Gasteiger partial charge in [0.1, 0.15) is 5.82 Å². The summed E-state index contributed by atoms with van der Waals surface area (Å²) in [6, 6.07) is 3.31. The molecule has 2 rings (SSSR count). The maximum Gasteiger partial charge on any atom is 0.251 e. The summed E-state index contributed by atoms with van der Waals surface area (Å²) < 4.78 is 0.215. The third-order valence-electron chi connectivity index (χ3n) is 3.81. The number of carbonyl (C=O) groups excluding carboxylic acids is 1. The van der Waals surface area contributed by atoms with Crippen molar-refractivity contribution in [2.75, 3.05) is 18.5 Å². The molecule has 0 unspecified atom stereocenters. The number of nitrogen functional groups attached to an aromatic ring is 1. The highest BCUT2D eigenvalue weighted by Crippen LogP contribution is 2.37. The molecule has 1 amide bonds. The molecule has 19 heavy (non-hydrogen) atoms. The van der Waals surface area contributed by atoms with Gasteiger partial charge in [-0.3, -0.25) is 4.79 Å². The third-order valence-corrected chi connectivity index (χ3v) is 5.23. The van der Waals surface area contributed by atoms with E-state index in [4.69, 9.17) is 5.73 Å². The van der Waals surface area contributed by atoms with Gasteiger partial charge < -0.3 is 11.1 Å². The van der Waals surface area contributed by atoms with Gasteiger partial charge in [-0.05, 0) is 31.2 Å². The van der Waals surface area contributed by atoms with E-state index >= 15 is 0 Å². The zero-order valence-electron chi connectivity index (χ0n) is 11.3. The molecule has 1 aliphatic rings. The average molecular weight is 279 g/mol. The Labute approximate surface area is 118 Å². The van der Waals surface area contributed by atoms with E-state index in [0.717, 1.165) is 6.54 Å². The van der Waals surface area contributed by atoms with Crippen molar-refractivity contribution in [1.29, 1.82) is 0 Å². The molecule has 0 aliphatic heterocycles. The Kier molecular flexibility index (Phi) is 4.69. The molecule has 1 fully saturated rings. The quantitative estimate of drug-likeness (QED) is 0.888. The minimum atomic E-state index is -0.0619. The fourth-order valence-electron chi connectivity index (χ4n) is 2.58. The minimum Gasteiger partial charge on any atom is -0.384 e. The number of rotatable bonds is 4. The van der Waals surface area contributed by atoms with E-state index in [1.165, 1.54) is 32.1 Å². The van der Waals surface area contributed by atoms with E-state index in [-0.39, 0.29) is 10.7 Å². The van der Waals surface area contributed by atoms with E-state index in [1.807, 2.05) is 11.8 Å². The van der Waals surface area contributed by atoms with Gasteiger partial charge in [0.05, 0.1) is 0 Å². The predicted octanol–water partition coefficient (Wildman–Crippen LogP) is 2.46. The molecule has 5 heteroatoms. The first-order chi connectivity index (χ1) is 9.15. The Bertz CT molecular complexity index is 444. The largest absolute Gasteiger partial charge is 0.384 e. The van der Waals surface area contributed by atoms with Crippen LogP contribution in [0.2, 0.25) is 0 Å². The second-order valence-corrected chi connectivity index (χ2v) is 6.37. The number of hydrogen-bond donors (Lipinski definition) is 2. The van der Waals surface area contributed by atoms with Crippen molar-refractivity contribution in [3.63, 3.8) is 0 Å².